The van der Waals surface area contributed by atoms with E-state index in [4.69, 9.17) is 4.42 Å². The average Bonchev–Trinajstić information content (AvgIpc) is 2.88. The maximum absolute atomic E-state index is 5.46. The van der Waals surface area contributed by atoms with Crippen molar-refractivity contribution in [2.75, 3.05) is 5.32 Å². The highest BCUT2D eigenvalue weighted by Gasteiger charge is 2.05. The summed E-state index contributed by atoms with van der Waals surface area (Å²) < 4.78 is 7.67. The minimum atomic E-state index is 0.693. The molecule has 2 aromatic heterocycles. The summed E-state index contributed by atoms with van der Waals surface area (Å²) in [5.74, 6) is 0.693. The molecule has 0 radical (unpaired) electrons. The quantitative estimate of drug-likeness (QED) is 0.644. The Labute approximate surface area is 131 Å². The molecule has 0 bridgehead atoms. The van der Waals surface area contributed by atoms with Gasteiger partial charge in [0, 0.05) is 28.5 Å². The molecule has 6 heteroatoms. The normalized spacial score (nSPS) is 11.1. The van der Waals surface area contributed by atoms with Gasteiger partial charge >= 0.3 is 0 Å². The van der Waals surface area contributed by atoms with Crippen molar-refractivity contribution >= 4 is 60.0 Å². The molecule has 98 valence electrons. The Kier molecular flexibility index (Phi) is 3.64. The number of benzene rings is 1. The van der Waals surface area contributed by atoms with E-state index in [9.17, 15) is 0 Å². The van der Waals surface area contributed by atoms with Crippen molar-refractivity contribution in [3.63, 3.8) is 0 Å². The molecule has 1 aromatic carbocycles. The second-order valence-corrected chi connectivity index (χ2v) is 7.41. The van der Waals surface area contributed by atoms with E-state index in [2.05, 4.69) is 48.2 Å². The third-order valence-electron chi connectivity index (χ3n) is 2.66. The van der Waals surface area contributed by atoms with Crippen molar-refractivity contribution in [3.8, 4) is 0 Å². The fraction of sp³-hybridized carbons (Fsp3) is 0.154. The van der Waals surface area contributed by atoms with Crippen LogP contribution in [0.5, 0.6) is 0 Å². The van der Waals surface area contributed by atoms with E-state index in [-0.39, 0.29) is 0 Å². The van der Waals surface area contributed by atoms with E-state index in [0.29, 0.717) is 5.89 Å². The number of aromatic nitrogens is 1. The average molecular weight is 402 g/mol. The number of hydrogen-bond acceptors (Lipinski definition) is 4. The first-order valence-corrected chi connectivity index (χ1v) is 8.07. The van der Waals surface area contributed by atoms with Crippen molar-refractivity contribution in [1.29, 1.82) is 0 Å². The van der Waals surface area contributed by atoms with Crippen molar-refractivity contribution in [1.82, 2.24) is 4.98 Å². The van der Waals surface area contributed by atoms with E-state index in [1.54, 1.807) is 11.3 Å². The van der Waals surface area contributed by atoms with Crippen LogP contribution >= 0.6 is 43.2 Å². The number of thiophene rings is 1. The zero-order valence-electron chi connectivity index (χ0n) is 10.0. The van der Waals surface area contributed by atoms with Crippen molar-refractivity contribution in [2.45, 2.75) is 13.5 Å². The fourth-order valence-corrected chi connectivity index (χ4v) is 3.94. The highest BCUT2D eigenvalue weighted by Crippen LogP contribution is 2.32. The van der Waals surface area contributed by atoms with Crippen molar-refractivity contribution in [2.24, 2.45) is 0 Å². The highest BCUT2D eigenvalue weighted by molar-refractivity contribution is 9.13. The number of oxazole rings is 1. The summed E-state index contributed by atoms with van der Waals surface area (Å²) in [5.41, 5.74) is 2.75. The molecular formula is C13H10Br2N2OS. The number of halogens is 2. The molecule has 0 atom stereocenters. The van der Waals surface area contributed by atoms with Gasteiger partial charge in [-0.2, -0.15) is 0 Å². The molecular weight excluding hydrogens is 392 g/mol. The second kappa shape index (κ2) is 5.26. The first-order valence-electron chi connectivity index (χ1n) is 5.66. The molecule has 0 aliphatic heterocycles. The van der Waals surface area contributed by atoms with Gasteiger partial charge in [-0.3, -0.25) is 0 Å². The zero-order chi connectivity index (χ0) is 13.4. The highest BCUT2D eigenvalue weighted by atomic mass is 79.9. The molecule has 0 aliphatic carbocycles. The van der Waals surface area contributed by atoms with Crippen LogP contribution in [0.3, 0.4) is 0 Å². The van der Waals surface area contributed by atoms with Gasteiger partial charge in [0.2, 0.25) is 0 Å². The van der Waals surface area contributed by atoms with Crippen LogP contribution in [0.15, 0.2) is 36.9 Å². The number of aryl methyl sites for hydroxylation is 1. The SMILES string of the molecule is Cc1nc2cc(NCc3cc(Br)c(Br)s3)ccc2o1. The lowest BCUT2D eigenvalue weighted by atomic mass is 10.3. The number of hydrogen-bond donors (Lipinski definition) is 1. The van der Waals surface area contributed by atoms with Crippen molar-refractivity contribution < 1.29 is 4.42 Å². The smallest absolute Gasteiger partial charge is 0.192 e. The van der Waals surface area contributed by atoms with Gasteiger partial charge in [0.25, 0.3) is 0 Å². The summed E-state index contributed by atoms with van der Waals surface area (Å²) in [6, 6.07) is 8.06. The number of nitrogens with zero attached hydrogens (tertiary/aromatic N) is 1. The molecule has 19 heavy (non-hydrogen) atoms. The maximum Gasteiger partial charge on any atom is 0.192 e. The van der Waals surface area contributed by atoms with E-state index in [0.717, 1.165) is 31.6 Å². The Balaban J connectivity index is 1.77. The molecule has 3 aromatic rings. The summed E-state index contributed by atoms with van der Waals surface area (Å²) in [4.78, 5) is 5.59. The summed E-state index contributed by atoms with van der Waals surface area (Å²) in [6.45, 7) is 2.64. The van der Waals surface area contributed by atoms with E-state index in [1.165, 1.54) is 4.88 Å². The minimum absolute atomic E-state index is 0.693. The van der Waals surface area contributed by atoms with Crippen molar-refractivity contribution in [3.05, 3.63) is 43.3 Å². The molecule has 2 heterocycles. The standard InChI is InChI=1S/C13H10Br2N2OS/c1-7-17-11-4-8(2-3-12(11)18-7)16-6-9-5-10(14)13(15)19-9/h2-5,16H,6H2,1H3. The van der Waals surface area contributed by atoms with Gasteiger partial charge < -0.3 is 9.73 Å². The monoisotopic (exact) mass is 400 g/mol. The Morgan fingerprint density at radius 2 is 2.16 bits per heavy atom. The minimum Gasteiger partial charge on any atom is -0.441 e. The number of nitrogens with one attached hydrogen (secondary N) is 1. The molecule has 0 unspecified atom stereocenters. The Morgan fingerprint density at radius 3 is 2.89 bits per heavy atom. The van der Waals surface area contributed by atoms with Gasteiger partial charge in [0.15, 0.2) is 11.5 Å². The molecule has 0 spiro atoms. The zero-order valence-corrected chi connectivity index (χ0v) is 14.0. The van der Waals surface area contributed by atoms with Gasteiger partial charge in [-0.25, -0.2) is 4.98 Å². The van der Waals surface area contributed by atoms with Crippen LogP contribution in [0.2, 0.25) is 0 Å². The van der Waals surface area contributed by atoms with Gasteiger partial charge in [-0.1, -0.05) is 0 Å². The lowest BCUT2D eigenvalue weighted by Gasteiger charge is -2.03. The molecule has 3 rings (SSSR count). The Hall–Kier alpha value is -0.850. The number of anilines is 1. The topological polar surface area (TPSA) is 38.1 Å². The summed E-state index contributed by atoms with van der Waals surface area (Å²) in [5, 5.41) is 3.39. The van der Waals surface area contributed by atoms with Gasteiger partial charge in [-0.15, -0.1) is 11.3 Å². The van der Waals surface area contributed by atoms with E-state index in [1.807, 2.05) is 25.1 Å². The molecule has 0 amide bonds. The van der Waals surface area contributed by atoms with Crippen LogP contribution in [0, 0.1) is 6.92 Å². The number of rotatable bonds is 3. The van der Waals surface area contributed by atoms with Crippen LogP contribution < -0.4 is 5.32 Å². The van der Waals surface area contributed by atoms with E-state index < -0.39 is 0 Å². The summed E-state index contributed by atoms with van der Waals surface area (Å²) >= 11 is 8.70. The third-order valence-corrected chi connectivity index (χ3v) is 5.91. The molecule has 1 N–H and O–H groups in total. The Morgan fingerprint density at radius 1 is 1.32 bits per heavy atom. The van der Waals surface area contributed by atoms with E-state index >= 15 is 0 Å². The Bertz CT molecular complexity index is 716. The van der Waals surface area contributed by atoms with Crippen LogP contribution in [0.4, 0.5) is 5.69 Å². The fourth-order valence-electron chi connectivity index (χ4n) is 1.82. The number of fused-ring (bicyclic) bond motifs is 1. The lowest BCUT2D eigenvalue weighted by molar-refractivity contribution is 0.561. The van der Waals surface area contributed by atoms with Crippen LogP contribution in [-0.4, -0.2) is 4.98 Å². The van der Waals surface area contributed by atoms with Gasteiger partial charge in [0.05, 0.1) is 3.79 Å². The first-order chi connectivity index (χ1) is 9.11. The van der Waals surface area contributed by atoms with Crippen LogP contribution in [0.1, 0.15) is 10.8 Å². The van der Waals surface area contributed by atoms with Gasteiger partial charge in [0.1, 0.15) is 5.52 Å². The second-order valence-electron chi connectivity index (χ2n) is 4.10. The van der Waals surface area contributed by atoms with Crippen LogP contribution in [-0.2, 0) is 6.54 Å². The summed E-state index contributed by atoms with van der Waals surface area (Å²) in [7, 11) is 0. The molecule has 3 nitrogen and oxygen atoms in total. The lowest BCUT2D eigenvalue weighted by Crippen LogP contribution is -1.96. The predicted molar refractivity (Wildman–Crippen MR) is 85.8 cm³/mol. The predicted octanol–water partition coefficient (Wildman–Crippen LogP) is 5.33. The molecule has 0 fully saturated rings. The summed E-state index contributed by atoms with van der Waals surface area (Å²) in [6.07, 6.45) is 0. The van der Waals surface area contributed by atoms with Gasteiger partial charge in [-0.05, 0) is 56.1 Å². The van der Waals surface area contributed by atoms with Crippen LogP contribution in [0.25, 0.3) is 11.1 Å². The first kappa shape index (κ1) is 13.1. The third kappa shape index (κ3) is 2.85. The largest absolute Gasteiger partial charge is 0.441 e. The maximum atomic E-state index is 5.46. The molecule has 0 aliphatic rings. The molecule has 0 saturated heterocycles. The molecule has 0 saturated carbocycles.